The summed E-state index contributed by atoms with van der Waals surface area (Å²) in [6.07, 6.45) is -2.08. The summed E-state index contributed by atoms with van der Waals surface area (Å²) in [5.41, 5.74) is 4.84. The highest BCUT2D eigenvalue weighted by atomic mass is 19.4. The number of hydrogen-bond acceptors (Lipinski definition) is 2. The number of rotatable bonds is 1. The van der Waals surface area contributed by atoms with E-state index in [0.29, 0.717) is 19.3 Å². The van der Waals surface area contributed by atoms with Gasteiger partial charge in [0.1, 0.15) is 0 Å². The molecule has 14 heavy (non-hydrogen) atoms. The maximum absolute atomic E-state index is 12.2. The van der Waals surface area contributed by atoms with Crippen molar-refractivity contribution < 1.29 is 18.0 Å². The van der Waals surface area contributed by atoms with Crippen LogP contribution in [-0.2, 0) is 4.79 Å². The summed E-state index contributed by atoms with van der Waals surface area (Å²) in [6, 6.07) is 0. The molecular weight excluding hydrogens is 195 g/mol. The topological polar surface area (TPSA) is 43.1 Å². The molecule has 0 amide bonds. The average Bonchev–Trinajstić information content (AvgIpc) is 1.94. The van der Waals surface area contributed by atoms with E-state index in [1.54, 1.807) is 0 Å². The average molecular weight is 205 g/mol. The van der Waals surface area contributed by atoms with Crippen LogP contribution >= 0.6 is 0 Å². The highest BCUT2D eigenvalue weighted by Crippen LogP contribution is 2.59. The van der Waals surface area contributed by atoms with Gasteiger partial charge >= 0.3 is 6.18 Å². The summed E-state index contributed by atoms with van der Waals surface area (Å²) in [6.45, 7) is 0. The first-order valence-electron chi connectivity index (χ1n) is 4.47. The van der Waals surface area contributed by atoms with E-state index in [1.165, 1.54) is 0 Å². The fraction of sp³-hybridized carbons (Fsp3) is 0.667. The summed E-state index contributed by atoms with van der Waals surface area (Å²) in [7, 11) is 0. The largest absolute Gasteiger partial charge is 0.454 e. The van der Waals surface area contributed by atoms with Gasteiger partial charge in [-0.15, -0.1) is 0 Å². The maximum atomic E-state index is 12.2. The van der Waals surface area contributed by atoms with E-state index in [0.717, 1.165) is 6.42 Å². The van der Waals surface area contributed by atoms with Crippen molar-refractivity contribution in [1.82, 2.24) is 0 Å². The number of alkyl halides is 3. The first kappa shape index (κ1) is 9.55. The van der Waals surface area contributed by atoms with Crippen LogP contribution in [0.15, 0.2) is 11.3 Å². The maximum Gasteiger partial charge on any atom is 0.454 e. The van der Waals surface area contributed by atoms with E-state index in [-0.39, 0.29) is 11.3 Å². The SMILES string of the molecule is NC1=C(C(=O)C(F)(F)F)C2(CCC2)C1. The second-order valence-electron chi connectivity index (χ2n) is 4.04. The van der Waals surface area contributed by atoms with Crippen LogP contribution in [0, 0.1) is 5.41 Å². The minimum absolute atomic E-state index is 0.132. The van der Waals surface area contributed by atoms with Gasteiger partial charge in [-0.2, -0.15) is 13.2 Å². The van der Waals surface area contributed by atoms with Crippen molar-refractivity contribution >= 4 is 5.78 Å². The molecule has 2 aliphatic carbocycles. The van der Waals surface area contributed by atoms with Gasteiger partial charge in [0.2, 0.25) is 0 Å². The molecule has 1 fully saturated rings. The molecule has 0 bridgehead atoms. The molecule has 5 heteroatoms. The molecule has 1 spiro atoms. The molecule has 0 aliphatic heterocycles. The number of carbonyl (C=O) groups is 1. The number of allylic oxidation sites excluding steroid dienone is 2. The van der Waals surface area contributed by atoms with E-state index in [9.17, 15) is 18.0 Å². The second kappa shape index (κ2) is 2.52. The summed E-state index contributed by atoms with van der Waals surface area (Å²) in [5, 5.41) is 0. The molecule has 0 atom stereocenters. The molecule has 0 aromatic carbocycles. The second-order valence-corrected chi connectivity index (χ2v) is 4.04. The van der Waals surface area contributed by atoms with Crippen LogP contribution in [0.3, 0.4) is 0 Å². The normalized spacial score (nSPS) is 24.5. The Bertz CT molecular complexity index is 325. The third kappa shape index (κ3) is 1.07. The Morgan fingerprint density at radius 1 is 1.36 bits per heavy atom. The van der Waals surface area contributed by atoms with E-state index < -0.39 is 17.4 Å². The molecule has 2 rings (SSSR count). The number of ketones is 1. The van der Waals surface area contributed by atoms with Crippen LogP contribution in [0.1, 0.15) is 25.7 Å². The van der Waals surface area contributed by atoms with Crippen molar-refractivity contribution in [1.29, 1.82) is 0 Å². The van der Waals surface area contributed by atoms with Crippen molar-refractivity contribution in [3.05, 3.63) is 11.3 Å². The van der Waals surface area contributed by atoms with E-state index in [1.807, 2.05) is 0 Å². The molecule has 0 saturated heterocycles. The Kier molecular flexibility index (Phi) is 1.72. The van der Waals surface area contributed by atoms with E-state index >= 15 is 0 Å². The predicted octanol–water partition coefficient (Wildman–Crippen LogP) is 1.90. The lowest BCUT2D eigenvalue weighted by Crippen LogP contribution is -2.48. The number of nitrogens with two attached hydrogens (primary N) is 1. The van der Waals surface area contributed by atoms with Crippen LogP contribution in [0.25, 0.3) is 0 Å². The Labute approximate surface area is 79.0 Å². The van der Waals surface area contributed by atoms with Gasteiger partial charge in [-0.3, -0.25) is 4.79 Å². The molecule has 0 aromatic heterocycles. The quantitative estimate of drug-likeness (QED) is 0.710. The molecule has 0 heterocycles. The molecule has 0 unspecified atom stereocenters. The van der Waals surface area contributed by atoms with Gasteiger partial charge in [0.15, 0.2) is 0 Å². The summed E-state index contributed by atoms with van der Waals surface area (Å²) in [4.78, 5) is 11.0. The highest BCUT2D eigenvalue weighted by molar-refractivity contribution is 6.03. The van der Waals surface area contributed by atoms with Gasteiger partial charge in [0.05, 0.1) is 0 Å². The van der Waals surface area contributed by atoms with Gasteiger partial charge in [-0.25, -0.2) is 0 Å². The van der Waals surface area contributed by atoms with Crippen LogP contribution in [0.2, 0.25) is 0 Å². The van der Waals surface area contributed by atoms with Crippen molar-refractivity contribution in [2.45, 2.75) is 31.9 Å². The monoisotopic (exact) mass is 205 g/mol. The Balaban J connectivity index is 2.26. The minimum Gasteiger partial charge on any atom is -0.402 e. The van der Waals surface area contributed by atoms with Gasteiger partial charge in [0, 0.05) is 16.7 Å². The molecule has 2 nitrogen and oxygen atoms in total. The predicted molar refractivity (Wildman–Crippen MR) is 43.2 cm³/mol. The third-order valence-electron chi connectivity index (χ3n) is 3.18. The van der Waals surface area contributed by atoms with Crippen LogP contribution in [0.5, 0.6) is 0 Å². The first-order valence-corrected chi connectivity index (χ1v) is 4.47. The van der Waals surface area contributed by atoms with E-state index in [4.69, 9.17) is 5.73 Å². The smallest absolute Gasteiger partial charge is 0.402 e. The summed E-state index contributed by atoms with van der Waals surface area (Å²) < 4.78 is 36.5. The van der Waals surface area contributed by atoms with Crippen molar-refractivity contribution in [2.24, 2.45) is 11.1 Å². The molecule has 0 radical (unpaired) electrons. The van der Waals surface area contributed by atoms with Crippen molar-refractivity contribution in [2.75, 3.05) is 0 Å². The summed E-state index contributed by atoms with van der Waals surface area (Å²) in [5.74, 6) is -1.74. The first-order chi connectivity index (χ1) is 6.37. The lowest BCUT2D eigenvalue weighted by Gasteiger charge is -2.50. The lowest BCUT2D eigenvalue weighted by atomic mass is 9.54. The third-order valence-corrected chi connectivity index (χ3v) is 3.18. The molecule has 78 valence electrons. The van der Waals surface area contributed by atoms with Crippen LogP contribution in [0.4, 0.5) is 13.2 Å². The number of carbonyl (C=O) groups excluding carboxylic acids is 1. The lowest BCUT2D eigenvalue weighted by molar-refractivity contribution is -0.169. The minimum atomic E-state index is -4.77. The molecule has 2 N–H and O–H groups in total. The Hall–Kier alpha value is -1.00. The van der Waals surface area contributed by atoms with Crippen molar-refractivity contribution in [3.8, 4) is 0 Å². The van der Waals surface area contributed by atoms with Gasteiger partial charge in [0.25, 0.3) is 5.78 Å². The fourth-order valence-electron chi connectivity index (χ4n) is 2.33. The van der Waals surface area contributed by atoms with Crippen molar-refractivity contribution in [3.63, 3.8) is 0 Å². The van der Waals surface area contributed by atoms with Gasteiger partial charge in [-0.1, -0.05) is 6.42 Å². The van der Waals surface area contributed by atoms with Crippen LogP contribution < -0.4 is 5.73 Å². The fourth-order valence-corrected chi connectivity index (χ4v) is 2.33. The summed E-state index contributed by atoms with van der Waals surface area (Å²) >= 11 is 0. The van der Waals surface area contributed by atoms with Gasteiger partial charge in [-0.05, 0) is 19.3 Å². The Morgan fingerprint density at radius 3 is 2.21 bits per heavy atom. The number of halogens is 3. The zero-order chi connectivity index (χ0) is 10.6. The zero-order valence-corrected chi connectivity index (χ0v) is 7.45. The van der Waals surface area contributed by atoms with Crippen LogP contribution in [-0.4, -0.2) is 12.0 Å². The highest BCUT2D eigenvalue weighted by Gasteiger charge is 2.56. The molecular formula is C9H10F3NO. The standard InChI is InChI=1S/C9H10F3NO/c10-9(11,12)7(14)6-5(13)4-8(6)2-1-3-8/h1-4,13H2. The zero-order valence-electron chi connectivity index (χ0n) is 7.45. The number of Topliss-reactive ketones (excluding diaryl/α,β-unsaturated/α-hetero) is 1. The van der Waals surface area contributed by atoms with Gasteiger partial charge < -0.3 is 5.73 Å². The Morgan fingerprint density at radius 2 is 1.93 bits per heavy atom. The molecule has 2 aliphatic rings. The van der Waals surface area contributed by atoms with E-state index in [2.05, 4.69) is 0 Å². The molecule has 1 saturated carbocycles. The number of hydrogen-bond donors (Lipinski definition) is 1. The molecule has 0 aromatic rings.